The van der Waals surface area contributed by atoms with Crippen LogP contribution in [0.4, 0.5) is 5.69 Å². The summed E-state index contributed by atoms with van der Waals surface area (Å²) in [6.45, 7) is 0.754. The summed E-state index contributed by atoms with van der Waals surface area (Å²) in [6.07, 6.45) is 1.69. The third kappa shape index (κ3) is 3.22. The molecule has 1 atom stereocenters. The van der Waals surface area contributed by atoms with E-state index >= 15 is 0 Å². The molecule has 2 N–H and O–H groups in total. The molecular formula is C16H16ClNO2S. The van der Waals surface area contributed by atoms with Crippen molar-refractivity contribution >= 4 is 28.1 Å². The smallest absolute Gasteiger partial charge is 0.122 e. The Morgan fingerprint density at radius 3 is 2.95 bits per heavy atom. The average molecular weight is 322 g/mol. The van der Waals surface area contributed by atoms with E-state index in [9.17, 15) is 4.21 Å². The largest absolute Gasteiger partial charge is 0.493 e. The van der Waals surface area contributed by atoms with Gasteiger partial charge < -0.3 is 10.5 Å². The standard InChI is InChI=1S/C16H16ClNO2S/c17-14-3-2-13(18)10-16(14)21(19)8-6-11-1-4-15-12(9-11)5-7-20-15/h1-4,9-10H,5-8,18H2. The summed E-state index contributed by atoms with van der Waals surface area (Å²) in [6, 6.07) is 11.3. The first-order chi connectivity index (χ1) is 10.1. The Hall–Kier alpha value is -1.52. The van der Waals surface area contributed by atoms with Crippen molar-refractivity contribution in [1.82, 2.24) is 0 Å². The zero-order valence-corrected chi connectivity index (χ0v) is 13.0. The molecule has 21 heavy (non-hydrogen) atoms. The first-order valence-corrected chi connectivity index (χ1v) is 8.51. The lowest BCUT2D eigenvalue weighted by Crippen LogP contribution is -2.03. The number of hydrogen-bond donors (Lipinski definition) is 1. The van der Waals surface area contributed by atoms with Crippen molar-refractivity contribution < 1.29 is 8.95 Å². The summed E-state index contributed by atoms with van der Waals surface area (Å²) in [4.78, 5) is 0.612. The van der Waals surface area contributed by atoms with Crippen LogP contribution in [0.3, 0.4) is 0 Å². The molecule has 0 bridgehead atoms. The first kappa shape index (κ1) is 14.4. The van der Waals surface area contributed by atoms with Gasteiger partial charge in [-0.25, -0.2) is 0 Å². The van der Waals surface area contributed by atoms with Gasteiger partial charge in [0, 0.05) is 17.9 Å². The topological polar surface area (TPSA) is 52.3 Å². The molecule has 1 aliphatic rings. The van der Waals surface area contributed by atoms with E-state index in [1.807, 2.05) is 12.1 Å². The van der Waals surface area contributed by atoms with Crippen LogP contribution in [-0.4, -0.2) is 16.6 Å². The normalized spacial score (nSPS) is 14.5. The third-order valence-corrected chi connectivity index (χ3v) is 5.38. The third-order valence-electron chi connectivity index (χ3n) is 3.53. The quantitative estimate of drug-likeness (QED) is 0.880. The first-order valence-electron chi connectivity index (χ1n) is 6.81. The SMILES string of the molecule is Nc1ccc(Cl)c(S(=O)CCc2ccc3c(c2)CCO3)c1. The van der Waals surface area contributed by atoms with E-state index in [1.54, 1.807) is 18.2 Å². The Kier molecular flexibility index (Phi) is 4.17. The van der Waals surface area contributed by atoms with Crippen LogP contribution in [0.5, 0.6) is 5.75 Å². The summed E-state index contributed by atoms with van der Waals surface area (Å²) >= 11 is 6.08. The van der Waals surface area contributed by atoms with E-state index in [0.29, 0.717) is 21.4 Å². The van der Waals surface area contributed by atoms with E-state index in [-0.39, 0.29) is 0 Å². The van der Waals surface area contributed by atoms with Crippen molar-refractivity contribution in [2.75, 3.05) is 18.1 Å². The summed E-state index contributed by atoms with van der Waals surface area (Å²) < 4.78 is 17.9. The summed E-state index contributed by atoms with van der Waals surface area (Å²) in [5.74, 6) is 1.50. The van der Waals surface area contributed by atoms with Crippen molar-refractivity contribution in [2.24, 2.45) is 0 Å². The van der Waals surface area contributed by atoms with Gasteiger partial charge in [0.2, 0.25) is 0 Å². The van der Waals surface area contributed by atoms with Gasteiger partial charge in [-0.2, -0.15) is 0 Å². The maximum atomic E-state index is 12.4. The number of anilines is 1. The van der Waals surface area contributed by atoms with E-state index < -0.39 is 10.8 Å². The Morgan fingerprint density at radius 1 is 1.24 bits per heavy atom. The van der Waals surface area contributed by atoms with E-state index in [0.717, 1.165) is 25.2 Å². The molecule has 0 amide bonds. The van der Waals surface area contributed by atoms with Crippen molar-refractivity contribution in [3.8, 4) is 5.75 Å². The number of rotatable bonds is 4. The number of nitrogens with two attached hydrogens (primary N) is 1. The fourth-order valence-corrected chi connectivity index (χ4v) is 3.98. The van der Waals surface area contributed by atoms with Gasteiger partial charge in [-0.3, -0.25) is 4.21 Å². The van der Waals surface area contributed by atoms with Gasteiger partial charge in [0.1, 0.15) is 5.75 Å². The summed E-state index contributed by atoms with van der Waals surface area (Å²) in [7, 11) is -1.15. The van der Waals surface area contributed by atoms with Gasteiger partial charge in [-0.15, -0.1) is 0 Å². The molecule has 0 spiro atoms. The predicted octanol–water partition coefficient (Wildman–Crippen LogP) is 3.21. The van der Waals surface area contributed by atoms with E-state index in [1.165, 1.54) is 11.1 Å². The predicted molar refractivity (Wildman–Crippen MR) is 86.5 cm³/mol. The van der Waals surface area contributed by atoms with Crippen molar-refractivity contribution in [3.63, 3.8) is 0 Å². The molecule has 1 unspecified atom stereocenters. The Balaban J connectivity index is 1.70. The van der Waals surface area contributed by atoms with Gasteiger partial charge in [-0.1, -0.05) is 23.7 Å². The molecule has 110 valence electrons. The van der Waals surface area contributed by atoms with Crippen LogP contribution >= 0.6 is 11.6 Å². The minimum absolute atomic E-state index is 0.505. The van der Waals surface area contributed by atoms with Crippen LogP contribution in [0.1, 0.15) is 11.1 Å². The number of halogens is 1. The lowest BCUT2D eigenvalue weighted by molar-refractivity contribution is 0.357. The van der Waals surface area contributed by atoms with Crippen molar-refractivity contribution in [1.29, 1.82) is 0 Å². The fraction of sp³-hybridized carbons (Fsp3) is 0.250. The fourth-order valence-electron chi connectivity index (χ4n) is 2.41. The van der Waals surface area contributed by atoms with E-state index in [2.05, 4.69) is 6.07 Å². The monoisotopic (exact) mass is 321 g/mol. The van der Waals surface area contributed by atoms with Crippen LogP contribution in [0.2, 0.25) is 5.02 Å². The van der Waals surface area contributed by atoms with Gasteiger partial charge >= 0.3 is 0 Å². The molecule has 0 aliphatic carbocycles. The molecule has 3 nitrogen and oxygen atoms in total. The maximum absolute atomic E-state index is 12.4. The molecule has 2 aromatic rings. The highest BCUT2D eigenvalue weighted by Gasteiger charge is 2.13. The Labute approximate surface area is 131 Å². The van der Waals surface area contributed by atoms with Crippen molar-refractivity contribution in [2.45, 2.75) is 17.7 Å². The molecule has 1 aliphatic heterocycles. The van der Waals surface area contributed by atoms with Gasteiger partial charge in [0.25, 0.3) is 0 Å². The molecule has 0 saturated heterocycles. The molecule has 3 rings (SSSR count). The minimum atomic E-state index is -1.15. The van der Waals surface area contributed by atoms with Gasteiger partial charge in [0.15, 0.2) is 0 Å². The van der Waals surface area contributed by atoms with Crippen LogP contribution in [0, 0.1) is 0 Å². The van der Waals surface area contributed by atoms with Crippen LogP contribution < -0.4 is 10.5 Å². The summed E-state index contributed by atoms with van der Waals surface area (Å²) in [5, 5.41) is 0.505. The Bertz CT molecular complexity index is 703. The van der Waals surface area contributed by atoms with Crippen LogP contribution in [-0.2, 0) is 23.6 Å². The average Bonchev–Trinajstić information content (AvgIpc) is 2.94. The van der Waals surface area contributed by atoms with Gasteiger partial charge in [0.05, 0.1) is 27.3 Å². The van der Waals surface area contributed by atoms with Crippen LogP contribution in [0.15, 0.2) is 41.3 Å². The van der Waals surface area contributed by atoms with Crippen LogP contribution in [0.25, 0.3) is 0 Å². The highest BCUT2D eigenvalue weighted by molar-refractivity contribution is 7.85. The molecule has 0 fully saturated rings. The minimum Gasteiger partial charge on any atom is -0.493 e. The molecule has 0 saturated carbocycles. The lowest BCUT2D eigenvalue weighted by atomic mass is 10.1. The number of benzene rings is 2. The maximum Gasteiger partial charge on any atom is 0.122 e. The highest BCUT2D eigenvalue weighted by Crippen LogP contribution is 2.27. The zero-order valence-electron chi connectivity index (χ0n) is 11.5. The molecule has 0 radical (unpaired) electrons. The Morgan fingerprint density at radius 2 is 2.10 bits per heavy atom. The summed E-state index contributed by atoms with van der Waals surface area (Å²) in [5.41, 5.74) is 8.72. The lowest BCUT2D eigenvalue weighted by Gasteiger charge is -2.07. The second-order valence-corrected chi connectivity index (χ2v) is 6.98. The number of aryl methyl sites for hydroxylation is 1. The second kappa shape index (κ2) is 6.08. The van der Waals surface area contributed by atoms with E-state index in [4.69, 9.17) is 22.1 Å². The molecule has 2 aromatic carbocycles. The second-order valence-electron chi connectivity index (χ2n) is 5.03. The number of ether oxygens (including phenoxy) is 1. The molecule has 0 aromatic heterocycles. The number of nitrogen functional groups attached to an aromatic ring is 1. The molecule has 1 heterocycles. The number of fused-ring (bicyclic) bond motifs is 1. The highest BCUT2D eigenvalue weighted by atomic mass is 35.5. The molecule has 5 heteroatoms. The van der Waals surface area contributed by atoms with Crippen molar-refractivity contribution in [3.05, 3.63) is 52.5 Å². The molecular weight excluding hydrogens is 306 g/mol. The number of hydrogen-bond acceptors (Lipinski definition) is 3. The zero-order chi connectivity index (χ0) is 14.8. The van der Waals surface area contributed by atoms with Gasteiger partial charge in [-0.05, 0) is 41.8 Å².